The van der Waals surface area contributed by atoms with Gasteiger partial charge >= 0.3 is 0 Å². The molecule has 2 fully saturated rings. The van der Waals surface area contributed by atoms with Crippen molar-refractivity contribution in [1.29, 1.82) is 0 Å². The summed E-state index contributed by atoms with van der Waals surface area (Å²) in [6.45, 7) is 0.765. The topological polar surface area (TPSA) is 20.3 Å². The van der Waals surface area contributed by atoms with Gasteiger partial charge in [-0.05, 0) is 59.7 Å². The smallest absolute Gasteiger partial charge is 0.258 e. The van der Waals surface area contributed by atoms with Crippen molar-refractivity contribution in [2.24, 2.45) is 5.92 Å². The van der Waals surface area contributed by atoms with Crippen LogP contribution in [0.15, 0.2) is 22.7 Å². The van der Waals surface area contributed by atoms with Crippen LogP contribution in [0.4, 0.5) is 4.39 Å². The van der Waals surface area contributed by atoms with E-state index in [1.165, 1.54) is 31.7 Å². The molecule has 1 amide bonds. The highest BCUT2D eigenvalue weighted by atomic mass is 79.9. The number of nitrogens with zero attached hydrogens (tertiary/aromatic N) is 1. The first-order valence-corrected chi connectivity index (χ1v) is 8.23. The molecule has 0 bridgehead atoms. The zero-order chi connectivity index (χ0) is 14.1. The van der Waals surface area contributed by atoms with Gasteiger partial charge in [-0.3, -0.25) is 4.79 Å². The Morgan fingerprint density at radius 3 is 2.75 bits per heavy atom. The van der Waals surface area contributed by atoms with Crippen LogP contribution < -0.4 is 0 Å². The third kappa shape index (κ3) is 2.50. The Labute approximate surface area is 127 Å². The first-order valence-electron chi connectivity index (χ1n) is 7.43. The number of likely N-dealkylation sites (tertiary alicyclic amines) is 1. The van der Waals surface area contributed by atoms with Gasteiger partial charge in [-0.15, -0.1) is 0 Å². The van der Waals surface area contributed by atoms with Gasteiger partial charge in [-0.25, -0.2) is 4.39 Å². The van der Waals surface area contributed by atoms with Gasteiger partial charge in [0.15, 0.2) is 0 Å². The molecule has 1 aromatic carbocycles. The highest BCUT2D eigenvalue weighted by molar-refractivity contribution is 9.10. The lowest BCUT2D eigenvalue weighted by molar-refractivity contribution is 0.0385. The van der Waals surface area contributed by atoms with E-state index < -0.39 is 5.82 Å². The Morgan fingerprint density at radius 2 is 1.95 bits per heavy atom. The van der Waals surface area contributed by atoms with Crippen molar-refractivity contribution in [2.45, 2.75) is 44.6 Å². The number of halogens is 2. The zero-order valence-electron chi connectivity index (χ0n) is 11.4. The van der Waals surface area contributed by atoms with Crippen LogP contribution in [0.3, 0.4) is 0 Å². The normalized spacial score (nSPS) is 26.2. The van der Waals surface area contributed by atoms with E-state index in [0.717, 1.165) is 19.4 Å². The van der Waals surface area contributed by atoms with E-state index in [0.29, 0.717) is 16.4 Å². The minimum absolute atomic E-state index is 0.147. The number of rotatable bonds is 1. The molecule has 1 heterocycles. The molecular formula is C16H19BrFNO. The lowest BCUT2D eigenvalue weighted by Crippen LogP contribution is -2.49. The molecule has 0 N–H and O–H groups in total. The van der Waals surface area contributed by atoms with E-state index in [9.17, 15) is 9.18 Å². The van der Waals surface area contributed by atoms with Gasteiger partial charge in [0, 0.05) is 17.1 Å². The number of hydrogen-bond donors (Lipinski definition) is 0. The standard InChI is InChI=1S/C16H19BrFNO/c17-12-7-3-8-13(18)15(12)16(20)19-10-4-6-11-5-1-2-9-14(11)19/h3,7-8,11,14H,1-2,4-6,9-10H2/t11-,14-/m1/s1. The number of benzene rings is 1. The highest BCUT2D eigenvalue weighted by Gasteiger charge is 2.37. The Balaban J connectivity index is 1.89. The molecule has 1 saturated heterocycles. The molecule has 3 rings (SSSR count). The van der Waals surface area contributed by atoms with Crippen LogP contribution in [0, 0.1) is 11.7 Å². The first-order chi connectivity index (χ1) is 9.68. The summed E-state index contributed by atoms with van der Waals surface area (Å²) in [7, 11) is 0. The van der Waals surface area contributed by atoms with Gasteiger partial charge < -0.3 is 4.90 Å². The summed E-state index contributed by atoms with van der Waals surface area (Å²) in [4.78, 5) is 14.7. The van der Waals surface area contributed by atoms with Gasteiger partial charge in [-0.2, -0.15) is 0 Å². The van der Waals surface area contributed by atoms with E-state index in [1.54, 1.807) is 12.1 Å². The van der Waals surface area contributed by atoms with Crippen LogP contribution in [0.1, 0.15) is 48.9 Å². The summed E-state index contributed by atoms with van der Waals surface area (Å²) in [5.41, 5.74) is 0.193. The van der Waals surface area contributed by atoms with Crippen molar-refractivity contribution in [3.05, 3.63) is 34.1 Å². The van der Waals surface area contributed by atoms with Crippen LogP contribution >= 0.6 is 15.9 Å². The minimum Gasteiger partial charge on any atom is -0.335 e. The van der Waals surface area contributed by atoms with E-state index >= 15 is 0 Å². The highest BCUT2D eigenvalue weighted by Crippen LogP contribution is 2.36. The van der Waals surface area contributed by atoms with Gasteiger partial charge in [0.05, 0.1) is 5.56 Å². The van der Waals surface area contributed by atoms with E-state index in [-0.39, 0.29) is 11.5 Å². The van der Waals surface area contributed by atoms with Crippen LogP contribution in [0.2, 0.25) is 0 Å². The lowest BCUT2D eigenvalue weighted by Gasteiger charge is -2.44. The lowest BCUT2D eigenvalue weighted by atomic mass is 9.78. The van der Waals surface area contributed by atoms with E-state index in [4.69, 9.17) is 0 Å². The fraction of sp³-hybridized carbons (Fsp3) is 0.562. The molecule has 0 radical (unpaired) electrons. The quantitative estimate of drug-likeness (QED) is 0.743. The molecule has 20 heavy (non-hydrogen) atoms. The predicted octanol–water partition coefficient (Wildman–Crippen LogP) is 4.38. The number of amides is 1. The molecule has 108 valence electrons. The predicted molar refractivity (Wildman–Crippen MR) is 80.1 cm³/mol. The average Bonchev–Trinajstić information content (AvgIpc) is 2.46. The fourth-order valence-electron chi connectivity index (χ4n) is 3.72. The van der Waals surface area contributed by atoms with Crippen LogP contribution in [-0.2, 0) is 0 Å². The number of fused-ring (bicyclic) bond motifs is 1. The molecule has 0 aromatic heterocycles. The van der Waals surface area contributed by atoms with E-state index in [2.05, 4.69) is 15.9 Å². The summed E-state index contributed by atoms with van der Waals surface area (Å²) in [5, 5.41) is 0. The maximum absolute atomic E-state index is 14.0. The molecule has 2 nitrogen and oxygen atoms in total. The first kappa shape index (κ1) is 14.1. The molecule has 1 saturated carbocycles. The van der Waals surface area contributed by atoms with E-state index in [1.807, 2.05) is 4.90 Å². The van der Waals surface area contributed by atoms with Crippen LogP contribution in [0.5, 0.6) is 0 Å². The summed E-state index contributed by atoms with van der Waals surface area (Å²) in [5.74, 6) is 0.0425. The van der Waals surface area contributed by atoms with Crippen molar-refractivity contribution in [1.82, 2.24) is 4.90 Å². The number of carbonyl (C=O) groups is 1. The molecule has 4 heteroatoms. The van der Waals surface area contributed by atoms with Crippen molar-refractivity contribution in [3.63, 3.8) is 0 Å². The third-order valence-electron chi connectivity index (χ3n) is 4.68. The second-order valence-corrected chi connectivity index (χ2v) is 6.70. The maximum Gasteiger partial charge on any atom is 0.258 e. The summed E-state index contributed by atoms with van der Waals surface area (Å²) in [6, 6.07) is 5.03. The maximum atomic E-state index is 14.0. The summed E-state index contributed by atoms with van der Waals surface area (Å²) >= 11 is 3.31. The van der Waals surface area contributed by atoms with Crippen molar-refractivity contribution < 1.29 is 9.18 Å². The zero-order valence-corrected chi connectivity index (χ0v) is 13.0. The second kappa shape index (κ2) is 5.84. The Hall–Kier alpha value is -0.900. The Bertz CT molecular complexity index is 497. The van der Waals surface area contributed by atoms with Gasteiger partial charge in [0.2, 0.25) is 0 Å². The van der Waals surface area contributed by atoms with Gasteiger partial charge in [0.1, 0.15) is 5.82 Å². The molecule has 1 aliphatic heterocycles. The van der Waals surface area contributed by atoms with Crippen molar-refractivity contribution in [2.75, 3.05) is 6.54 Å². The van der Waals surface area contributed by atoms with Crippen molar-refractivity contribution >= 4 is 21.8 Å². The molecule has 0 unspecified atom stereocenters. The van der Waals surface area contributed by atoms with Crippen LogP contribution in [-0.4, -0.2) is 23.4 Å². The Morgan fingerprint density at radius 1 is 1.20 bits per heavy atom. The summed E-state index contributed by atoms with van der Waals surface area (Å²) in [6.07, 6.45) is 7.00. The minimum atomic E-state index is -0.428. The number of carbonyl (C=O) groups excluding carboxylic acids is 1. The van der Waals surface area contributed by atoms with Crippen molar-refractivity contribution in [3.8, 4) is 0 Å². The molecule has 1 aliphatic carbocycles. The van der Waals surface area contributed by atoms with Crippen LogP contribution in [0.25, 0.3) is 0 Å². The van der Waals surface area contributed by atoms with Gasteiger partial charge in [-0.1, -0.05) is 18.9 Å². The molecule has 2 atom stereocenters. The SMILES string of the molecule is O=C(c1c(F)cccc1Br)N1CCC[C@H]2CCCC[C@H]21. The molecule has 2 aliphatic rings. The third-order valence-corrected chi connectivity index (χ3v) is 5.34. The number of hydrogen-bond acceptors (Lipinski definition) is 1. The van der Waals surface area contributed by atoms with Gasteiger partial charge in [0.25, 0.3) is 5.91 Å². The molecule has 1 aromatic rings. The monoisotopic (exact) mass is 339 g/mol. The summed E-state index contributed by atoms with van der Waals surface area (Å²) < 4.78 is 14.6. The second-order valence-electron chi connectivity index (χ2n) is 5.85. The number of piperidine rings is 1. The molecule has 0 spiro atoms. The largest absolute Gasteiger partial charge is 0.335 e. The molecular weight excluding hydrogens is 321 g/mol. The fourth-order valence-corrected chi connectivity index (χ4v) is 4.23. The Kier molecular flexibility index (Phi) is 4.11. The average molecular weight is 340 g/mol.